The summed E-state index contributed by atoms with van der Waals surface area (Å²) in [4.78, 5) is 8.00. The lowest BCUT2D eigenvalue weighted by Crippen LogP contribution is -1.80. The minimum Gasteiger partial charge on any atom is -0.323 e. The van der Waals surface area contributed by atoms with E-state index in [0.717, 1.165) is 22.3 Å². The Morgan fingerprint density at radius 2 is 1.82 bits per heavy atom. The predicted molar refractivity (Wildman–Crippen MR) is 77.3 cm³/mol. The van der Waals surface area contributed by atoms with Gasteiger partial charge in [0.25, 0.3) is 0 Å². The van der Waals surface area contributed by atoms with Gasteiger partial charge in [0, 0.05) is 3.57 Å². The monoisotopic (exact) mass is 333 g/mol. The first-order chi connectivity index (χ1) is 8.34. The van der Waals surface area contributed by atoms with Crippen LogP contribution in [0.2, 0.25) is 0 Å². The van der Waals surface area contributed by atoms with E-state index >= 15 is 0 Å². The Bertz CT molecular complexity index is 857. The molecule has 2 aromatic carbocycles. The van der Waals surface area contributed by atoms with Crippen molar-refractivity contribution in [3.8, 4) is 0 Å². The number of H-pyrrole nitrogens is 1. The Hall–Kier alpha value is -1.56. The number of fused-ring (bicyclic) bond motifs is 5. The number of hydrogen-bond donors (Lipinski definition) is 1. The number of rotatable bonds is 0. The first-order valence-electron chi connectivity index (χ1n) is 5.38. The van der Waals surface area contributed by atoms with Gasteiger partial charge in [0.2, 0.25) is 5.78 Å². The molecule has 0 aliphatic heterocycles. The number of aromatic nitrogens is 3. The molecule has 0 fully saturated rings. The van der Waals surface area contributed by atoms with E-state index in [2.05, 4.69) is 73.4 Å². The van der Waals surface area contributed by atoms with E-state index in [1.165, 1.54) is 9.09 Å². The summed E-state index contributed by atoms with van der Waals surface area (Å²) in [5, 5.41) is 0. The van der Waals surface area contributed by atoms with Crippen molar-refractivity contribution in [3.05, 3.63) is 46.0 Å². The fourth-order valence-electron chi connectivity index (χ4n) is 2.29. The summed E-state index contributed by atoms with van der Waals surface area (Å²) in [5.41, 5.74) is 4.51. The highest BCUT2D eigenvalue weighted by Crippen LogP contribution is 2.25. The van der Waals surface area contributed by atoms with Crippen LogP contribution in [0.3, 0.4) is 0 Å². The molecule has 0 spiro atoms. The second kappa shape index (κ2) is 3.22. The van der Waals surface area contributed by atoms with Gasteiger partial charge in [0.1, 0.15) is 5.52 Å². The molecule has 4 heteroatoms. The van der Waals surface area contributed by atoms with Crippen LogP contribution >= 0.6 is 22.6 Å². The molecule has 0 radical (unpaired) electrons. The normalized spacial score (nSPS) is 11.8. The van der Waals surface area contributed by atoms with Crippen molar-refractivity contribution < 1.29 is 0 Å². The van der Waals surface area contributed by atoms with Crippen molar-refractivity contribution in [1.29, 1.82) is 0 Å². The van der Waals surface area contributed by atoms with Crippen molar-refractivity contribution in [2.24, 2.45) is 0 Å². The number of aromatic amines is 1. The predicted octanol–water partition coefficient (Wildman–Crippen LogP) is 3.57. The number of nitrogens with zero attached hydrogens (tertiary/aromatic N) is 2. The average molecular weight is 333 g/mol. The number of nitrogens with one attached hydrogen (secondary N) is 1. The molecule has 3 nitrogen and oxygen atoms in total. The maximum absolute atomic E-state index is 4.65. The van der Waals surface area contributed by atoms with E-state index in [4.69, 9.17) is 0 Å². The van der Waals surface area contributed by atoms with Crippen molar-refractivity contribution in [3.63, 3.8) is 0 Å². The topological polar surface area (TPSA) is 33.1 Å². The first kappa shape index (κ1) is 9.47. The van der Waals surface area contributed by atoms with Crippen molar-refractivity contribution in [1.82, 2.24) is 14.4 Å². The van der Waals surface area contributed by atoms with Gasteiger partial charge in [0.05, 0.1) is 16.6 Å². The molecular formula is C13H8IN3. The molecular weight excluding hydrogens is 325 g/mol. The van der Waals surface area contributed by atoms with E-state index in [-0.39, 0.29) is 0 Å². The smallest absolute Gasteiger partial charge is 0.213 e. The SMILES string of the molecule is Ic1cccc2c1nc1[nH]c3ccccc3n12. The van der Waals surface area contributed by atoms with Crippen LogP contribution < -0.4 is 0 Å². The maximum Gasteiger partial charge on any atom is 0.213 e. The van der Waals surface area contributed by atoms with Gasteiger partial charge >= 0.3 is 0 Å². The number of hydrogen-bond acceptors (Lipinski definition) is 1. The van der Waals surface area contributed by atoms with Crippen LogP contribution in [0.4, 0.5) is 0 Å². The van der Waals surface area contributed by atoms with Crippen molar-refractivity contribution in [2.75, 3.05) is 0 Å². The molecule has 0 aliphatic rings. The van der Waals surface area contributed by atoms with Gasteiger partial charge in [-0.1, -0.05) is 18.2 Å². The molecule has 17 heavy (non-hydrogen) atoms. The molecule has 0 bridgehead atoms. The Labute approximate surface area is 111 Å². The minimum absolute atomic E-state index is 0.908. The summed E-state index contributed by atoms with van der Waals surface area (Å²) < 4.78 is 3.36. The van der Waals surface area contributed by atoms with Crippen LogP contribution in [-0.4, -0.2) is 14.4 Å². The molecule has 4 rings (SSSR count). The molecule has 2 aromatic heterocycles. The van der Waals surface area contributed by atoms with Crippen LogP contribution in [0.15, 0.2) is 42.5 Å². The van der Waals surface area contributed by atoms with Gasteiger partial charge in [0.15, 0.2) is 0 Å². The lowest BCUT2D eigenvalue weighted by Gasteiger charge is -1.94. The molecule has 4 aromatic rings. The van der Waals surface area contributed by atoms with E-state index < -0.39 is 0 Å². The van der Waals surface area contributed by atoms with Crippen LogP contribution in [0.5, 0.6) is 0 Å². The zero-order valence-electron chi connectivity index (χ0n) is 8.81. The van der Waals surface area contributed by atoms with E-state index in [1.54, 1.807) is 0 Å². The van der Waals surface area contributed by atoms with Crippen LogP contribution in [0.25, 0.3) is 27.8 Å². The molecule has 0 saturated carbocycles. The fourth-order valence-corrected chi connectivity index (χ4v) is 2.89. The highest BCUT2D eigenvalue weighted by atomic mass is 127. The molecule has 0 aliphatic carbocycles. The van der Waals surface area contributed by atoms with Gasteiger partial charge in [-0.05, 0) is 46.9 Å². The quantitative estimate of drug-likeness (QED) is 0.490. The van der Waals surface area contributed by atoms with Crippen molar-refractivity contribution in [2.45, 2.75) is 0 Å². The summed E-state index contributed by atoms with van der Waals surface area (Å²) in [6.07, 6.45) is 0. The minimum atomic E-state index is 0.908. The molecule has 0 amide bonds. The van der Waals surface area contributed by atoms with Crippen molar-refractivity contribution >= 4 is 50.4 Å². The maximum atomic E-state index is 4.65. The Balaban J connectivity index is 2.36. The summed E-state index contributed by atoms with van der Waals surface area (Å²) in [5.74, 6) is 0.908. The van der Waals surface area contributed by atoms with Gasteiger partial charge < -0.3 is 4.98 Å². The second-order valence-corrected chi connectivity index (χ2v) is 5.18. The molecule has 1 N–H and O–H groups in total. The third-order valence-corrected chi connectivity index (χ3v) is 3.90. The highest BCUT2D eigenvalue weighted by Gasteiger charge is 2.11. The summed E-state index contributed by atoms with van der Waals surface area (Å²) in [6.45, 7) is 0. The van der Waals surface area contributed by atoms with Crippen LogP contribution in [0.1, 0.15) is 0 Å². The number of benzene rings is 2. The van der Waals surface area contributed by atoms with Gasteiger partial charge in [-0.15, -0.1) is 0 Å². The zero-order valence-corrected chi connectivity index (χ0v) is 11.0. The largest absolute Gasteiger partial charge is 0.323 e. The van der Waals surface area contributed by atoms with E-state index in [1.807, 2.05) is 6.07 Å². The highest BCUT2D eigenvalue weighted by molar-refractivity contribution is 14.1. The van der Waals surface area contributed by atoms with E-state index in [9.17, 15) is 0 Å². The molecule has 82 valence electrons. The Kier molecular flexibility index (Phi) is 1.80. The number of imidazole rings is 2. The Morgan fingerprint density at radius 1 is 1.00 bits per heavy atom. The van der Waals surface area contributed by atoms with E-state index in [0.29, 0.717) is 0 Å². The van der Waals surface area contributed by atoms with Gasteiger partial charge in [-0.25, -0.2) is 4.98 Å². The molecule has 0 saturated heterocycles. The first-order valence-corrected chi connectivity index (χ1v) is 6.46. The third kappa shape index (κ3) is 1.18. The standard InChI is InChI=1S/C13H8IN3/c14-8-4-3-7-11-12(8)16-13-15-9-5-1-2-6-10(9)17(11)13/h1-7H,(H,15,16). The lowest BCUT2D eigenvalue weighted by atomic mass is 10.3. The third-order valence-electron chi connectivity index (χ3n) is 3.03. The summed E-state index contributed by atoms with van der Waals surface area (Å²) in [6, 6.07) is 14.5. The van der Waals surface area contributed by atoms with Crippen LogP contribution in [-0.2, 0) is 0 Å². The fraction of sp³-hybridized carbons (Fsp3) is 0. The lowest BCUT2D eigenvalue weighted by molar-refractivity contribution is 1.28. The van der Waals surface area contributed by atoms with Crippen LogP contribution in [0, 0.1) is 3.57 Å². The second-order valence-electron chi connectivity index (χ2n) is 4.02. The number of halogens is 1. The average Bonchev–Trinajstić information content (AvgIpc) is 2.85. The number of para-hydroxylation sites is 3. The molecule has 0 atom stereocenters. The Morgan fingerprint density at radius 3 is 2.76 bits per heavy atom. The van der Waals surface area contributed by atoms with Gasteiger partial charge in [-0.3, -0.25) is 4.40 Å². The molecule has 0 unspecified atom stereocenters. The molecule has 2 heterocycles. The summed E-state index contributed by atoms with van der Waals surface area (Å²) in [7, 11) is 0. The summed E-state index contributed by atoms with van der Waals surface area (Å²) >= 11 is 2.32. The zero-order chi connectivity index (χ0) is 11.4. The van der Waals surface area contributed by atoms with Gasteiger partial charge in [-0.2, -0.15) is 0 Å².